The third-order valence-electron chi connectivity index (χ3n) is 5.27. The standard InChI is InChI=1S/C22H24N4O/c1-15-7-2-3-8-16(15)13-23-19-11-4-5-12-20(19)25-22(27)18-10-6-9-17-14-24-26-21(17)18/h2-5,7-8,11-12,14,18,23H,6,9-10,13H2,1H3,(H,24,26)(H,25,27). The summed E-state index contributed by atoms with van der Waals surface area (Å²) in [5.74, 6) is -0.147. The van der Waals surface area contributed by atoms with Crippen LogP contribution in [0.2, 0.25) is 0 Å². The van der Waals surface area contributed by atoms with E-state index in [0.717, 1.165) is 41.9 Å². The number of benzene rings is 2. The normalized spacial score (nSPS) is 15.8. The number of aromatic amines is 1. The second kappa shape index (κ2) is 7.66. The van der Waals surface area contributed by atoms with Crippen molar-refractivity contribution in [1.82, 2.24) is 10.2 Å². The minimum atomic E-state index is -0.166. The van der Waals surface area contributed by atoms with Crippen LogP contribution in [0.25, 0.3) is 0 Å². The van der Waals surface area contributed by atoms with Gasteiger partial charge in [-0.3, -0.25) is 9.89 Å². The molecule has 4 rings (SSSR count). The number of fused-ring (bicyclic) bond motifs is 1. The van der Waals surface area contributed by atoms with Crippen molar-refractivity contribution >= 4 is 17.3 Å². The van der Waals surface area contributed by atoms with Crippen LogP contribution >= 0.6 is 0 Å². The second-order valence-corrected chi connectivity index (χ2v) is 7.07. The topological polar surface area (TPSA) is 69.8 Å². The van der Waals surface area contributed by atoms with Crippen LogP contribution in [-0.2, 0) is 17.8 Å². The van der Waals surface area contributed by atoms with Crippen LogP contribution in [-0.4, -0.2) is 16.1 Å². The molecule has 27 heavy (non-hydrogen) atoms. The first kappa shape index (κ1) is 17.3. The molecule has 1 heterocycles. The molecule has 0 bridgehead atoms. The van der Waals surface area contributed by atoms with Gasteiger partial charge in [0.25, 0.3) is 0 Å². The summed E-state index contributed by atoms with van der Waals surface area (Å²) in [4.78, 5) is 12.9. The van der Waals surface area contributed by atoms with E-state index < -0.39 is 0 Å². The van der Waals surface area contributed by atoms with E-state index in [1.54, 1.807) is 0 Å². The molecule has 0 saturated heterocycles. The molecule has 0 spiro atoms. The highest BCUT2D eigenvalue weighted by molar-refractivity contribution is 5.98. The van der Waals surface area contributed by atoms with Gasteiger partial charge in [0.1, 0.15) is 0 Å². The van der Waals surface area contributed by atoms with Gasteiger partial charge in [0.05, 0.1) is 29.2 Å². The highest BCUT2D eigenvalue weighted by atomic mass is 16.1. The van der Waals surface area contributed by atoms with E-state index in [1.165, 1.54) is 11.1 Å². The van der Waals surface area contributed by atoms with Gasteiger partial charge in [0.15, 0.2) is 0 Å². The molecule has 0 fully saturated rings. The van der Waals surface area contributed by atoms with E-state index in [4.69, 9.17) is 0 Å². The predicted molar refractivity (Wildman–Crippen MR) is 108 cm³/mol. The van der Waals surface area contributed by atoms with E-state index in [0.29, 0.717) is 6.54 Å². The summed E-state index contributed by atoms with van der Waals surface area (Å²) >= 11 is 0. The summed E-state index contributed by atoms with van der Waals surface area (Å²) in [7, 11) is 0. The third kappa shape index (κ3) is 3.72. The lowest BCUT2D eigenvalue weighted by Crippen LogP contribution is -2.25. The lowest BCUT2D eigenvalue weighted by molar-refractivity contribution is -0.118. The monoisotopic (exact) mass is 360 g/mol. The Morgan fingerprint density at radius 3 is 2.78 bits per heavy atom. The Hall–Kier alpha value is -3.08. The number of para-hydroxylation sites is 2. The zero-order chi connectivity index (χ0) is 18.6. The summed E-state index contributed by atoms with van der Waals surface area (Å²) < 4.78 is 0. The first-order valence-corrected chi connectivity index (χ1v) is 9.43. The minimum Gasteiger partial charge on any atom is -0.379 e. The lowest BCUT2D eigenvalue weighted by Gasteiger charge is -2.22. The Labute approximate surface area is 159 Å². The van der Waals surface area contributed by atoms with Crippen LogP contribution in [0, 0.1) is 6.92 Å². The highest BCUT2D eigenvalue weighted by Crippen LogP contribution is 2.32. The molecular weight excluding hydrogens is 336 g/mol. The Morgan fingerprint density at radius 2 is 1.93 bits per heavy atom. The van der Waals surface area contributed by atoms with Crippen molar-refractivity contribution in [3.63, 3.8) is 0 Å². The van der Waals surface area contributed by atoms with Gasteiger partial charge < -0.3 is 10.6 Å². The summed E-state index contributed by atoms with van der Waals surface area (Å²) in [6.07, 6.45) is 4.69. The number of carbonyl (C=O) groups is 1. The maximum atomic E-state index is 12.9. The number of carbonyl (C=O) groups excluding carboxylic acids is 1. The largest absolute Gasteiger partial charge is 0.379 e. The summed E-state index contributed by atoms with van der Waals surface area (Å²) in [5, 5.41) is 13.7. The molecule has 1 unspecified atom stereocenters. The van der Waals surface area contributed by atoms with Crippen LogP contribution in [0.3, 0.4) is 0 Å². The lowest BCUT2D eigenvalue weighted by atomic mass is 9.87. The quantitative estimate of drug-likeness (QED) is 0.632. The van der Waals surface area contributed by atoms with Crippen LogP contribution in [0.4, 0.5) is 11.4 Å². The summed E-state index contributed by atoms with van der Waals surface area (Å²) in [6, 6.07) is 16.2. The molecule has 3 N–H and O–H groups in total. The Morgan fingerprint density at radius 1 is 1.15 bits per heavy atom. The molecule has 1 aromatic heterocycles. The molecule has 1 amide bonds. The molecular formula is C22H24N4O. The molecule has 1 aliphatic carbocycles. The molecule has 5 heteroatoms. The number of amides is 1. The third-order valence-corrected chi connectivity index (χ3v) is 5.27. The number of nitrogens with zero attached hydrogens (tertiary/aromatic N) is 1. The fraction of sp³-hybridized carbons (Fsp3) is 0.273. The Balaban J connectivity index is 1.49. The number of hydrogen-bond acceptors (Lipinski definition) is 3. The molecule has 5 nitrogen and oxygen atoms in total. The van der Waals surface area contributed by atoms with Crippen molar-refractivity contribution in [2.75, 3.05) is 10.6 Å². The fourth-order valence-corrected chi connectivity index (χ4v) is 3.69. The molecule has 1 aliphatic rings. The minimum absolute atomic E-state index is 0.0188. The number of hydrogen-bond donors (Lipinski definition) is 3. The van der Waals surface area contributed by atoms with Crippen molar-refractivity contribution in [2.45, 2.75) is 38.6 Å². The van der Waals surface area contributed by atoms with Crippen LogP contribution in [0.15, 0.2) is 54.7 Å². The fourth-order valence-electron chi connectivity index (χ4n) is 3.69. The van der Waals surface area contributed by atoms with Crippen LogP contribution in [0.5, 0.6) is 0 Å². The number of rotatable bonds is 5. The van der Waals surface area contributed by atoms with Crippen LogP contribution < -0.4 is 10.6 Å². The number of nitrogens with one attached hydrogen (secondary N) is 3. The second-order valence-electron chi connectivity index (χ2n) is 7.07. The van der Waals surface area contributed by atoms with Crippen molar-refractivity contribution in [2.24, 2.45) is 0 Å². The maximum absolute atomic E-state index is 12.9. The summed E-state index contributed by atoms with van der Waals surface area (Å²) in [6.45, 7) is 2.82. The van der Waals surface area contributed by atoms with Gasteiger partial charge in [-0.1, -0.05) is 36.4 Å². The maximum Gasteiger partial charge on any atom is 0.233 e. The van der Waals surface area contributed by atoms with Crippen molar-refractivity contribution in [1.29, 1.82) is 0 Å². The van der Waals surface area contributed by atoms with E-state index in [1.807, 2.05) is 42.6 Å². The highest BCUT2D eigenvalue weighted by Gasteiger charge is 2.28. The number of aromatic nitrogens is 2. The van der Waals surface area contributed by atoms with Crippen molar-refractivity contribution in [3.05, 3.63) is 77.1 Å². The van der Waals surface area contributed by atoms with Gasteiger partial charge in [-0.25, -0.2) is 0 Å². The molecule has 0 aliphatic heterocycles. The van der Waals surface area contributed by atoms with E-state index >= 15 is 0 Å². The molecule has 1 atom stereocenters. The molecule has 0 radical (unpaired) electrons. The van der Waals surface area contributed by atoms with E-state index in [-0.39, 0.29) is 11.8 Å². The number of aryl methyl sites for hydroxylation is 2. The SMILES string of the molecule is Cc1ccccc1CNc1ccccc1NC(=O)C1CCCc2cn[nH]c21. The van der Waals surface area contributed by atoms with Crippen LogP contribution in [0.1, 0.15) is 41.1 Å². The first-order chi connectivity index (χ1) is 13.2. The van der Waals surface area contributed by atoms with E-state index in [9.17, 15) is 4.79 Å². The average molecular weight is 360 g/mol. The average Bonchev–Trinajstić information content (AvgIpc) is 3.17. The van der Waals surface area contributed by atoms with Crippen molar-refractivity contribution < 1.29 is 4.79 Å². The Bertz CT molecular complexity index is 947. The smallest absolute Gasteiger partial charge is 0.233 e. The van der Waals surface area contributed by atoms with Gasteiger partial charge in [-0.15, -0.1) is 0 Å². The van der Waals surface area contributed by atoms with Gasteiger partial charge in [-0.05, 0) is 55.0 Å². The number of anilines is 2. The molecule has 3 aromatic rings. The van der Waals surface area contributed by atoms with Gasteiger partial charge in [0.2, 0.25) is 5.91 Å². The zero-order valence-corrected chi connectivity index (χ0v) is 15.5. The van der Waals surface area contributed by atoms with Gasteiger partial charge >= 0.3 is 0 Å². The van der Waals surface area contributed by atoms with Gasteiger partial charge in [-0.2, -0.15) is 5.10 Å². The summed E-state index contributed by atoms with van der Waals surface area (Å²) in [5.41, 5.74) is 6.35. The molecule has 0 saturated carbocycles. The number of H-pyrrole nitrogens is 1. The predicted octanol–water partition coefficient (Wildman–Crippen LogP) is 4.39. The van der Waals surface area contributed by atoms with Crippen molar-refractivity contribution in [3.8, 4) is 0 Å². The first-order valence-electron chi connectivity index (χ1n) is 9.43. The molecule has 138 valence electrons. The van der Waals surface area contributed by atoms with E-state index in [2.05, 4.69) is 39.9 Å². The van der Waals surface area contributed by atoms with Gasteiger partial charge in [0, 0.05) is 6.54 Å². The molecule has 2 aromatic carbocycles. The Kier molecular flexibility index (Phi) is 4.92. The zero-order valence-electron chi connectivity index (χ0n) is 15.5.